The van der Waals surface area contributed by atoms with Crippen molar-refractivity contribution in [2.75, 3.05) is 6.26 Å². The zero-order valence-electron chi connectivity index (χ0n) is 6.13. The lowest BCUT2D eigenvalue weighted by atomic mass is 10.2. The number of hydrogen-bond donors (Lipinski definition) is 0. The monoisotopic (exact) mass is 154 g/mol. The number of rotatable bonds is 2. The Bertz CT molecular complexity index is 193. The van der Waals surface area contributed by atoms with Crippen LogP contribution in [0.3, 0.4) is 0 Å². The lowest BCUT2D eigenvalue weighted by Crippen LogP contribution is -1.78. The maximum absolute atomic E-state index is 5.18. The molecule has 1 aromatic rings. The highest BCUT2D eigenvalue weighted by atomic mass is 32.2. The average Bonchev–Trinajstić information content (AvgIpc) is 1.95. The summed E-state index contributed by atoms with van der Waals surface area (Å²) in [4.78, 5) is 0. The van der Waals surface area contributed by atoms with Crippen LogP contribution in [-0.4, -0.2) is 6.26 Å². The summed E-state index contributed by atoms with van der Waals surface area (Å²) >= 11 is 1.36. The van der Waals surface area contributed by atoms with Crippen LogP contribution in [0.1, 0.15) is 5.56 Å². The summed E-state index contributed by atoms with van der Waals surface area (Å²) in [6.45, 7) is 2.06. The van der Waals surface area contributed by atoms with Crippen molar-refractivity contribution in [1.29, 1.82) is 0 Å². The molecule has 2 heteroatoms. The van der Waals surface area contributed by atoms with Crippen molar-refractivity contribution in [1.82, 2.24) is 0 Å². The smallest absolute Gasteiger partial charge is 0.137 e. The molecule has 1 aromatic carbocycles. The van der Waals surface area contributed by atoms with Gasteiger partial charge in [0.05, 0.1) is 12.0 Å². The van der Waals surface area contributed by atoms with Crippen LogP contribution < -0.4 is 4.18 Å². The maximum atomic E-state index is 5.18. The molecule has 0 aromatic heterocycles. The highest BCUT2D eigenvalue weighted by Gasteiger charge is 1.89. The van der Waals surface area contributed by atoms with Crippen molar-refractivity contribution in [2.45, 2.75) is 6.92 Å². The molecule has 0 aliphatic carbocycles. The fourth-order valence-electron chi connectivity index (χ4n) is 0.690. The van der Waals surface area contributed by atoms with Gasteiger partial charge < -0.3 is 4.18 Å². The second kappa shape index (κ2) is 3.52. The van der Waals surface area contributed by atoms with Gasteiger partial charge in [-0.1, -0.05) is 17.7 Å². The van der Waals surface area contributed by atoms with Gasteiger partial charge in [-0.2, -0.15) is 0 Å². The van der Waals surface area contributed by atoms with E-state index in [-0.39, 0.29) is 0 Å². The van der Waals surface area contributed by atoms with E-state index in [0.717, 1.165) is 5.75 Å². The first-order valence-electron chi connectivity index (χ1n) is 3.10. The highest BCUT2D eigenvalue weighted by molar-refractivity contribution is 7.94. The second-order valence-electron chi connectivity index (χ2n) is 2.06. The Hall–Kier alpha value is -0.630. The van der Waals surface area contributed by atoms with E-state index >= 15 is 0 Å². The van der Waals surface area contributed by atoms with E-state index in [1.54, 1.807) is 0 Å². The molecule has 54 valence electrons. The maximum Gasteiger partial charge on any atom is 0.137 e. The van der Waals surface area contributed by atoms with Gasteiger partial charge in [0.25, 0.3) is 0 Å². The molecule has 1 nitrogen and oxygen atoms in total. The van der Waals surface area contributed by atoms with Gasteiger partial charge in [0, 0.05) is 6.26 Å². The molecule has 0 atom stereocenters. The summed E-state index contributed by atoms with van der Waals surface area (Å²) in [6, 6.07) is 7.99. The number of aryl methyl sites for hydroxylation is 1. The lowest BCUT2D eigenvalue weighted by molar-refractivity contribution is 0.650. The van der Waals surface area contributed by atoms with Gasteiger partial charge >= 0.3 is 0 Å². The van der Waals surface area contributed by atoms with E-state index in [2.05, 4.69) is 6.92 Å². The van der Waals surface area contributed by atoms with Gasteiger partial charge in [-0.3, -0.25) is 0 Å². The third-order valence-corrected chi connectivity index (χ3v) is 1.56. The Morgan fingerprint density at radius 1 is 1.20 bits per heavy atom. The summed E-state index contributed by atoms with van der Waals surface area (Å²) in [5.41, 5.74) is 1.26. The predicted molar refractivity (Wildman–Crippen MR) is 45.3 cm³/mol. The van der Waals surface area contributed by atoms with Crippen molar-refractivity contribution < 1.29 is 4.18 Å². The van der Waals surface area contributed by atoms with E-state index in [9.17, 15) is 0 Å². The topological polar surface area (TPSA) is 9.23 Å². The molecule has 0 N–H and O–H groups in total. The minimum absolute atomic E-state index is 0.915. The van der Waals surface area contributed by atoms with Crippen LogP contribution in [0.25, 0.3) is 0 Å². The molecule has 0 bridgehead atoms. The normalized spacial score (nSPS) is 9.40. The van der Waals surface area contributed by atoms with Crippen molar-refractivity contribution in [3.8, 4) is 5.75 Å². The largest absolute Gasteiger partial charge is 0.426 e. The Kier molecular flexibility index (Phi) is 2.63. The van der Waals surface area contributed by atoms with Gasteiger partial charge in [0.1, 0.15) is 5.75 Å². The van der Waals surface area contributed by atoms with Gasteiger partial charge in [-0.25, -0.2) is 0 Å². The molecular weight excluding hydrogens is 144 g/mol. The average molecular weight is 154 g/mol. The summed E-state index contributed by atoms with van der Waals surface area (Å²) in [5, 5.41) is 0. The van der Waals surface area contributed by atoms with Crippen LogP contribution in [0.15, 0.2) is 24.3 Å². The highest BCUT2D eigenvalue weighted by Crippen LogP contribution is 2.14. The predicted octanol–water partition coefficient (Wildman–Crippen LogP) is 2.65. The van der Waals surface area contributed by atoms with Crippen molar-refractivity contribution in [2.24, 2.45) is 0 Å². The number of benzene rings is 1. The standard InChI is InChI=1S/C8H10OS/c1-7-3-5-8(6-4-7)9-10-2/h3-6H,1-2H3. The molecule has 0 heterocycles. The molecule has 0 radical (unpaired) electrons. The molecule has 0 unspecified atom stereocenters. The van der Waals surface area contributed by atoms with Crippen LogP contribution in [0, 0.1) is 6.92 Å². The molecule has 0 aliphatic rings. The van der Waals surface area contributed by atoms with E-state index in [1.165, 1.54) is 17.6 Å². The molecule has 0 fully saturated rings. The van der Waals surface area contributed by atoms with Gasteiger partial charge in [0.2, 0.25) is 0 Å². The van der Waals surface area contributed by atoms with Gasteiger partial charge in [-0.05, 0) is 19.1 Å². The van der Waals surface area contributed by atoms with Crippen LogP contribution in [0.5, 0.6) is 5.75 Å². The van der Waals surface area contributed by atoms with Crippen molar-refractivity contribution in [3.63, 3.8) is 0 Å². The molecule has 1 rings (SSSR count). The minimum Gasteiger partial charge on any atom is -0.426 e. The van der Waals surface area contributed by atoms with Gasteiger partial charge in [-0.15, -0.1) is 0 Å². The third kappa shape index (κ3) is 1.95. The second-order valence-corrected chi connectivity index (χ2v) is 2.56. The van der Waals surface area contributed by atoms with Crippen molar-refractivity contribution in [3.05, 3.63) is 29.8 Å². The SMILES string of the molecule is CSOc1ccc(C)cc1. The van der Waals surface area contributed by atoms with Crippen LogP contribution in [-0.2, 0) is 0 Å². The molecule has 0 saturated heterocycles. The Morgan fingerprint density at radius 3 is 2.30 bits per heavy atom. The van der Waals surface area contributed by atoms with E-state index in [0.29, 0.717) is 0 Å². The fourth-order valence-corrected chi connectivity index (χ4v) is 0.994. The zero-order chi connectivity index (χ0) is 7.40. The van der Waals surface area contributed by atoms with E-state index < -0.39 is 0 Å². The van der Waals surface area contributed by atoms with E-state index in [1.807, 2.05) is 30.5 Å². The summed E-state index contributed by atoms with van der Waals surface area (Å²) in [6.07, 6.45) is 1.90. The molecule has 0 saturated carbocycles. The first-order valence-corrected chi connectivity index (χ1v) is 4.25. The first kappa shape index (κ1) is 7.48. The number of hydrogen-bond acceptors (Lipinski definition) is 2. The van der Waals surface area contributed by atoms with Crippen molar-refractivity contribution >= 4 is 12.0 Å². The van der Waals surface area contributed by atoms with E-state index in [4.69, 9.17) is 4.18 Å². The molecule has 10 heavy (non-hydrogen) atoms. The Morgan fingerprint density at radius 2 is 1.80 bits per heavy atom. The Balaban J connectivity index is 2.69. The molecule has 0 spiro atoms. The molecule has 0 aliphatic heterocycles. The molecule has 0 amide bonds. The summed E-state index contributed by atoms with van der Waals surface area (Å²) < 4.78 is 5.18. The molecular formula is C8H10OS. The van der Waals surface area contributed by atoms with Gasteiger partial charge in [0.15, 0.2) is 0 Å². The zero-order valence-corrected chi connectivity index (χ0v) is 6.94. The first-order chi connectivity index (χ1) is 4.83. The summed E-state index contributed by atoms with van der Waals surface area (Å²) in [7, 11) is 0. The quantitative estimate of drug-likeness (QED) is 0.606. The summed E-state index contributed by atoms with van der Waals surface area (Å²) in [5.74, 6) is 0.915. The minimum atomic E-state index is 0.915. The lowest BCUT2D eigenvalue weighted by Gasteiger charge is -1.99. The third-order valence-electron chi connectivity index (χ3n) is 1.20. The fraction of sp³-hybridized carbons (Fsp3) is 0.250. The Labute approximate surface area is 65.6 Å². The van der Waals surface area contributed by atoms with Crippen LogP contribution >= 0.6 is 12.0 Å². The van der Waals surface area contributed by atoms with Crippen LogP contribution in [0.2, 0.25) is 0 Å². The van der Waals surface area contributed by atoms with Crippen LogP contribution in [0.4, 0.5) is 0 Å².